The summed E-state index contributed by atoms with van der Waals surface area (Å²) in [7, 11) is 0. The Morgan fingerprint density at radius 3 is 2.62 bits per heavy atom. The molecule has 2 N–H and O–H groups in total. The van der Waals surface area contributed by atoms with Crippen LogP contribution in [0.4, 0.5) is 4.39 Å². The number of hydrazine groups is 1. The van der Waals surface area contributed by atoms with E-state index in [0.717, 1.165) is 14.6 Å². The van der Waals surface area contributed by atoms with Gasteiger partial charge in [0.25, 0.3) is 5.91 Å². The average molecular weight is 361 g/mol. The second-order valence-electron chi connectivity index (χ2n) is 4.72. The number of thioether (sulfide) groups is 1. The average Bonchev–Trinajstić information content (AvgIpc) is 3.01. The van der Waals surface area contributed by atoms with Crippen molar-refractivity contribution in [2.45, 2.75) is 4.34 Å². The van der Waals surface area contributed by atoms with Crippen LogP contribution in [0.2, 0.25) is 0 Å². The van der Waals surface area contributed by atoms with Crippen LogP contribution >= 0.6 is 23.1 Å². The number of amides is 2. The molecule has 2 aromatic carbocycles. The van der Waals surface area contributed by atoms with E-state index in [2.05, 4.69) is 15.8 Å². The zero-order valence-corrected chi connectivity index (χ0v) is 13.9. The van der Waals surface area contributed by atoms with E-state index in [9.17, 15) is 14.0 Å². The van der Waals surface area contributed by atoms with Crippen LogP contribution in [0.15, 0.2) is 52.9 Å². The summed E-state index contributed by atoms with van der Waals surface area (Å²) < 4.78 is 15.3. The van der Waals surface area contributed by atoms with Crippen LogP contribution in [0.3, 0.4) is 0 Å². The highest BCUT2D eigenvalue weighted by Gasteiger charge is 2.12. The number of benzene rings is 2. The zero-order chi connectivity index (χ0) is 16.9. The third-order valence-electron chi connectivity index (χ3n) is 3.03. The molecule has 1 aromatic heterocycles. The normalized spacial score (nSPS) is 10.5. The van der Waals surface area contributed by atoms with Gasteiger partial charge in [-0.25, -0.2) is 9.37 Å². The highest BCUT2D eigenvalue weighted by atomic mass is 32.2. The lowest BCUT2D eigenvalue weighted by molar-refractivity contribution is -0.119. The Bertz CT molecular complexity index is 865. The van der Waals surface area contributed by atoms with Gasteiger partial charge in [0, 0.05) is 0 Å². The molecule has 3 aromatic rings. The molecular formula is C16H12FN3O2S2. The quantitative estimate of drug-likeness (QED) is 0.554. The summed E-state index contributed by atoms with van der Waals surface area (Å²) in [6, 6.07) is 13.3. The first-order valence-electron chi connectivity index (χ1n) is 6.95. The molecule has 0 spiro atoms. The molecule has 5 nitrogen and oxygen atoms in total. The van der Waals surface area contributed by atoms with Crippen molar-refractivity contribution in [1.82, 2.24) is 15.8 Å². The number of carbonyl (C=O) groups excluding carboxylic acids is 2. The largest absolute Gasteiger partial charge is 0.272 e. The molecule has 0 bridgehead atoms. The highest BCUT2D eigenvalue weighted by Crippen LogP contribution is 2.28. The van der Waals surface area contributed by atoms with Gasteiger partial charge in [-0.2, -0.15) is 0 Å². The van der Waals surface area contributed by atoms with E-state index in [1.807, 2.05) is 24.3 Å². The number of fused-ring (bicyclic) bond motifs is 1. The highest BCUT2D eigenvalue weighted by molar-refractivity contribution is 8.01. The van der Waals surface area contributed by atoms with Crippen LogP contribution in [0.25, 0.3) is 10.2 Å². The first kappa shape index (κ1) is 16.4. The second-order valence-corrected chi connectivity index (χ2v) is 6.97. The topological polar surface area (TPSA) is 71.1 Å². The maximum atomic E-state index is 13.5. The van der Waals surface area contributed by atoms with Crippen LogP contribution < -0.4 is 10.9 Å². The van der Waals surface area contributed by atoms with Crippen molar-refractivity contribution in [1.29, 1.82) is 0 Å². The summed E-state index contributed by atoms with van der Waals surface area (Å²) in [6.07, 6.45) is 0. The summed E-state index contributed by atoms with van der Waals surface area (Å²) >= 11 is 2.77. The van der Waals surface area contributed by atoms with Crippen molar-refractivity contribution in [3.63, 3.8) is 0 Å². The first-order valence-corrected chi connectivity index (χ1v) is 8.76. The molecule has 0 aliphatic heterocycles. The number of nitrogens with one attached hydrogen (secondary N) is 2. The summed E-state index contributed by atoms with van der Waals surface area (Å²) in [4.78, 5) is 28.0. The van der Waals surface area contributed by atoms with E-state index in [1.165, 1.54) is 41.3 Å². The van der Waals surface area contributed by atoms with Crippen molar-refractivity contribution < 1.29 is 14.0 Å². The minimum atomic E-state index is -0.702. The third kappa shape index (κ3) is 3.90. The predicted molar refractivity (Wildman–Crippen MR) is 92.4 cm³/mol. The van der Waals surface area contributed by atoms with Gasteiger partial charge in [-0.05, 0) is 24.3 Å². The lowest BCUT2D eigenvalue weighted by atomic mass is 10.2. The minimum Gasteiger partial charge on any atom is -0.272 e. The Hall–Kier alpha value is -2.45. The number of para-hydroxylation sites is 1. The molecule has 0 atom stereocenters. The van der Waals surface area contributed by atoms with Gasteiger partial charge in [-0.1, -0.05) is 36.0 Å². The number of hydrogen-bond acceptors (Lipinski definition) is 5. The van der Waals surface area contributed by atoms with Crippen LogP contribution in [-0.2, 0) is 4.79 Å². The maximum absolute atomic E-state index is 13.5. The van der Waals surface area contributed by atoms with Gasteiger partial charge in [-0.3, -0.25) is 20.4 Å². The molecule has 0 saturated heterocycles. The van der Waals surface area contributed by atoms with Crippen molar-refractivity contribution in [2.75, 3.05) is 5.75 Å². The van der Waals surface area contributed by atoms with Gasteiger partial charge in [0.05, 0.1) is 21.5 Å². The molecule has 24 heavy (non-hydrogen) atoms. The molecule has 0 saturated carbocycles. The maximum Gasteiger partial charge on any atom is 0.272 e. The van der Waals surface area contributed by atoms with Gasteiger partial charge >= 0.3 is 0 Å². The van der Waals surface area contributed by atoms with Crippen molar-refractivity contribution >= 4 is 45.1 Å². The number of rotatable bonds is 4. The van der Waals surface area contributed by atoms with Gasteiger partial charge in [0.2, 0.25) is 5.91 Å². The molecule has 0 aliphatic rings. The lowest BCUT2D eigenvalue weighted by Crippen LogP contribution is -2.42. The summed E-state index contributed by atoms with van der Waals surface area (Å²) in [5.74, 6) is -1.65. The Labute approximate surface area is 145 Å². The van der Waals surface area contributed by atoms with E-state index in [0.29, 0.717) is 0 Å². The molecule has 122 valence electrons. The fourth-order valence-corrected chi connectivity index (χ4v) is 3.78. The third-order valence-corrected chi connectivity index (χ3v) is 5.21. The van der Waals surface area contributed by atoms with Gasteiger partial charge < -0.3 is 0 Å². The molecule has 1 heterocycles. The number of hydrogen-bond donors (Lipinski definition) is 2. The fraction of sp³-hybridized carbons (Fsp3) is 0.0625. The molecule has 2 amide bonds. The number of halogens is 1. The van der Waals surface area contributed by atoms with Gasteiger partial charge in [0.1, 0.15) is 5.82 Å². The smallest absolute Gasteiger partial charge is 0.272 e. The van der Waals surface area contributed by atoms with E-state index in [1.54, 1.807) is 6.07 Å². The van der Waals surface area contributed by atoms with Crippen LogP contribution in [0.1, 0.15) is 10.4 Å². The fourth-order valence-electron chi connectivity index (χ4n) is 1.92. The summed E-state index contributed by atoms with van der Waals surface area (Å²) in [6.45, 7) is 0. The van der Waals surface area contributed by atoms with Crippen LogP contribution in [0.5, 0.6) is 0 Å². The molecule has 0 unspecified atom stereocenters. The van der Waals surface area contributed by atoms with Gasteiger partial charge in [0.15, 0.2) is 4.34 Å². The molecule has 0 aliphatic carbocycles. The number of aromatic nitrogens is 1. The first-order chi connectivity index (χ1) is 11.6. The predicted octanol–water partition coefficient (Wildman–Crippen LogP) is 2.99. The van der Waals surface area contributed by atoms with E-state index in [4.69, 9.17) is 0 Å². The minimum absolute atomic E-state index is 0.0946. The molecule has 0 fully saturated rings. The Kier molecular flexibility index (Phi) is 5.07. The zero-order valence-electron chi connectivity index (χ0n) is 12.3. The van der Waals surface area contributed by atoms with E-state index >= 15 is 0 Å². The second kappa shape index (κ2) is 7.41. The Balaban J connectivity index is 1.51. The monoisotopic (exact) mass is 361 g/mol. The lowest BCUT2D eigenvalue weighted by Gasteiger charge is -2.07. The SMILES string of the molecule is O=C(CSc1nc2ccccc2s1)NNC(=O)c1ccccc1F. The van der Waals surface area contributed by atoms with Crippen molar-refractivity contribution in [3.05, 3.63) is 59.9 Å². The number of thiazole rings is 1. The molecule has 0 radical (unpaired) electrons. The standard InChI is InChI=1S/C16H12FN3O2S2/c17-11-6-2-1-5-10(11)15(22)20-19-14(21)9-23-16-18-12-7-3-4-8-13(12)24-16/h1-8H,9H2,(H,19,21)(H,20,22). The van der Waals surface area contributed by atoms with E-state index < -0.39 is 17.6 Å². The van der Waals surface area contributed by atoms with Gasteiger partial charge in [-0.15, -0.1) is 11.3 Å². The number of nitrogens with zero attached hydrogens (tertiary/aromatic N) is 1. The van der Waals surface area contributed by atoms with Crippen LogP contribution in [-0.4, -0.2) is 22.6 Å². The van der Waals surface area contributed by atoms with Crippen LogP contribution in [0, 0.1) is 5.82 Å². The Morgan fingerprint density at radius 1 is 1.08 bits per heavy atom. The Morgan fingerprint density at radius 2 is 1.83 bits per heavy atom. The molecular weight excluding hydrogens is 349 g/mol. The van der Waals surface area contributed by atoms with Crippen molar-refractivity contribution in [2.24, 2.45) is 0 Å². The van der Waals surface area contributed by atoms with Crippen molar-refractivity contribution in [3.8, 4) is 0 Å². The molecule has 8 heteroatoms. The number of carbonyl (C=O) groups is 2. The summed E-state index contributed by atoms with van der Waals surface area (Å²) in [5, 5.41) is 0. The van der Waals surface area contributed by atoms with E-state index in [-0.39, 0.29) is 11.3 Å². The summed E-state index contributed by atoms with van der Waals surface area (Å²) in [5.41, 5.74) is 5.22. The molecule has 3 rings (SSSR count).